The van der Waals surface area contributed by atoms with Gasteiger partial charge in [-0.15, -0.1) is 0 Å². The monoisotopic (exact) mass is 298 g/mol. The van der Waals surface area contributed by atoms with E-state index < -0.39 is 0 Å². The lowest BCUT2D eigenvalue weighted by Crippen LogP contribution is -2.12. The Bertz CT molecular complexity index is 1050. The molecule has 0 heterocycles. The number of rotatable bonds is 0. The zero-order valence-electron chi connectivity index (χ0n) is 14.3. The van der Waals surface area contributed by atoms with E-state index >= 15 is 0 Å². The third-order valence-corrected chi connectivity index (χ3v) is 4.85. The van der Waals surface area contributed by atoms with Crippen molar-refractivity contribution in [2.45, 2.75) is 33.1 Å². The van der Waals surface area contributed by atoms with Crippen LogP contribution in [0.4, 0.5) is 0 Å². The van der Waals surface area contributed by atoms with Gasteiger partial charge in [0.2, 0.25) is 0 Å². The van der Waals surface area contributed by atoms with Crippen LogP contribution in [0.3, 0.4) is 0 Å². The summed E-state index contributed by atoms with van der Waals surface area (Å²) in [6.07, 6.45) is 0. The number of hydrogen-bond donors (Lipinski definition) is 0. The summed E-state index contributed by atoms with van der Waals surface area (Å²) in [6.45, 7) is 9.09. The third-order valence-electron chi connectivity index (χ3n) is 4.85. The van der Waals surface area contributed by atoms with Crippen LogP contribution in [0.1, 0.15) is 31.9 Å². The van der Waals surface area contributed by atoms with E-state index in [1.807, 2.05) is 0 Å². The highest BCUT2D eigenvalue weighted by molar-refractivity contribution is 6.12. The van der Waals surface area contributed by atoms with E-state index in [1.165, 1.54) is 43.4 Å². The fourth-order valence-electron chi connectivity index (χ4n) is 3.73. The Hall–Kier alpha value is -2.34. The molecule has 0 heteroatoms. The summed E-state index contributed by atoms with van der Waals surface area (Å²) in [4.78, 5) is 0. The van der Waals surface area contributed by atoms with E-state index in [0.29, 0.717) is 0 Å². The van der Waals surface area contributed by atoms with Crippen molar-refractivity contribution in [2.75, 3.05) is 0 Å². The summed E-state index contributed by atoms with van der Waals surface area (Å²) in [5.41, 5.74) is 2.99. The van der Waals surface area contributed by atoms with Crippen molar-refractivity contribution in [3.05, 3.63) is 71.8 Å². The van der Waals surface area contributed by atoms with Gasteiger partial charge in [0.05, 0.1) is 0 Å². The van der Waals surface area contributed by atoms with Crippen LogP contribution in [0.2, 0.25) is 0 Å². The van der Waals surface area contributed by atoms with Gasteiger partial charge in [-0.1, -0.05) is 69.3 Å². The molecule has 0 aliphatic carbocycles. The highest BCUT2D eigenvalue weighted by atomic mass is 14.2. The first kappa shape index (κ1) is 14.3. The molecule has 23 heavy (non-hydrogen) atoms. The van der Waals surface area contributed by atoms with Gasteiger partial charge in [0, 0.05) is 0 Å². The molecule has 4 aromatic carbocycles. The summed E-state index contributed by atoms with van der Waals surface area (Å²) in [5, 5.41) is 7.98. The SMILES string of the molecule is Cc1cc2cc3ccc4ccccc4c3cc2cc1C(C)(C)C. The molecule has 0 aliphatic rings. The summed E-state index contributed by atoms with van der Waals surface area (Å²) in [7, 11) is 0. The topological polar surface area (TPSA) is 0 Å². The fraction of sp³-hybridized carbons (Fsp3) is 0.217. The first-order chi connectivity index (χ1) is 10.9. The Morgan fingerprint density at radius 1 is 0.609 bits per heavy atom. The molecule has 0 saturated carbocycles. The lowest BCUT2D eigenvalue weighted by atomic mass is 9.82. The molecular formula is C23H22. The molecule has 0 fully saturated rings. The van der Waals surface area contributed by atoms with Gasteiger partial charge in [-0.05, 0) is 67.9 Å². The normalized spacial score (nSPS) is 12.3. The van der Waals surface area contributed by atoms with Crippen molar-refractivity contribution < 1.29 is 0 Å². The van der Waals surface area contributed by atoms with Crippen LogP contribution in [0, 0.1) is 6.92 Å². The molecule has 0 aliphatic heterocycles. The van der Waals surface area contributed by atoms with E-state index in [9.17, 15) is 0 Å². The van der Waals surface area contributed by atoms with E-state index in [0.717, 1.165) is 0 Å². The van der Waals surface area contributed by atoms with Gasteiger partial charge in [-0.2, -0.15) is 0 Å². The lowest BCUT2D eigenvalue weighted by Gasteiger charge is -2.22. The van der Waals surface area contributed by atoms with Crippen LogP contribution >= 0.6 is 0 Å². The van der Waals surface area contributed by atoms with Gasteiger partial charge in [0.15, 0.2) is 0 Å². The molecule has 0 bridgehead atoms. The van der Waals surface area contributed by atoms with Crippen molar-refractivity contribution in [2.24, 2.45) is 0 Å². The van der Waals surface area contributed by atoms with Crippen LogP contribution in [0.25, 0.3) is 32.3 Å². The lowest BCUT2D eigenvalue weighted by molar-refractivity contribution is 0.587. The molecule has 0 radical (unpaired) electrons. The molecule has 0 spiro atoms. The Kier molecular flexibility index (Phi) is 2.99. The van der Waals surface area contributed by atoms with E-state index in [2.05, 4.69) is 88.4 Å². The zero-order chi connectivity index (χ0) is 16.2. The second-order valence-electron chi connectivity index (χ2n) is 7.62. The van der Waals surface area contributed by atoms with Crippen LogP contribution in [-0.4, -0.2) is 0 Å². The van der Waals surface area contributed by atoms with Crippen molar-refractivity contribution in [3.8, 4) is 0 Å². The van der Waals surface area contributed by atoms with Crippen molar-refractivity contribution in [1.82, 2.24) is 0 Å². The Morgan fingerprint density at radius 3 is 2.09 bits per heavy atom. The summed E-state index contributed by atoms with van der Waals surface area (Å²) in [5.74, 6) is 0. The second-order valence-corrected chi connectivity index (χ2v) is 7.62. The van der Waals surface area contributed by atoms with Crippen molar-refractivity contribution >= 4 is 32.3 Å². The minimum absolute atomic E-state index is 0.173. The Morgan fingerprint density at radius 2 is 1.30 bits per heavy atom. The molecule has 0 N–H and O–H groups in total. The highest BCUT2D eigenvalue weighted by Crippen LogP contribution is 2.33. The molecule has 0 nitrogen and oxygen atoms in total. The van der Waals surface area contributed by atoms with E-state index in [-0.39, 0.29) is 5.41 Å². The predicted octanol–water partition coefficient (Wildman–Crippen LogP) is 6.75. The van der Waals surface area contributed by atoms with Gasteiger partial charge in [-0.3, -0.25) is 0 Å². The standard InChI is InChI=1S/C23H22/c1-15-11-18-12-17-10-9-16-7-5-6-8-20(16)21(17)13-19(18)14-22(15)23(2,3)4/h5-14H,1-4H3. The van der Waals surface area contributed by atoms with E-state index in [1.54, 1.807) is 0 Å². The average Bonchev–Trinajstić information content (AvgIpc) is 2.51. The Labute approximate surface area is 137 Å². The van der Waals surface area contributed by atoms with Crippen molar-refractivity contribution in [3.63, 3.8) is 0 Å². The van der Waals surface area contributed by atoms with E-state index in [4.69, 9.17) is 0 Å². The fourth-order valence-corrected chi connectivity index (χ4v) is 3.73. The first-order valence-corrected chi connectivity index (χ1v) is 8.30. The predicted molar refractivity (Wildman–Crippen MR) is 102 cm³/mol. The maximum atomic E-state index is 2.38. The smallest absolute Gasteiger partial charge is 0.00990 e. The number of benzene rings is 4. The number of hydrogen-bond acceptors (Lipinski definition) is 0. The molecule has 0 unspecified atom stereocenters. The van der Waals surface area contributed by atoms with Gasteiger partial charge in [-0.25, -0.2) is 0 Å². The number of aryl methyl sites for hydroxylation is 1. The quantitative estimate of drug-likeness (QED) is 0.249. The maximum absolute atomic E-state index is 2.38. The molecule has 0 atom stereocenters. The van der Waals surface area contributed by atoms with Gasteiger partial charge >= 0.3 is 0 Å². The van der Waals surface area contributed by atoms with Crippen LogP contribution in [0.5, 0.6) is 0 Å². The largest absolute Gasteiger partial charge is 0.0616 e. The molecule has 0 amide bonds. The highest BCUT2D eigenvalue weighted by Gasteiger charge is 2.17. The minimum Gasteiger partial charge on any atom is -0.0616 e. The molecule has 114 valence electrons. The third kappa shape index (κ3) is 2.30. The summed E-state index contributed by atoms with van der Waals surface area (Å²) >= 11 is 0. The average molecular weight is 298 g/mol. The molecule has 4 rings (SSSR count). The Balaban J connectivity index is 2.12. The van der Waals surface area contributed by atoms with Gasteiger partial charge < -0.3 is 0 Å². The van der Waals surface area contributed by atoms with Crippen LogP contribution in [0.15, 0.2) is 60.7 Å². The van der Waals surface area contributed by atoms with Crippen molar-refractivity contribution in [1.29, 1.82) is 0 Å². The molecule has 0 saturated heterocycles. The van der Waals surface area contributed by atoms with Crippen LogP contribution < -0.4 is 0 Å². The second kappa shape index (κ2) is 4.83. The maximum Gasteiger partial charge on any atom is -0.00990 e. The number of fused-ring (bicyclic) bond motifs is 4. The molecule has 4 aromatic rings. The van der Waals surface area contributed by atoms with Gasteiger partial charge in [0.25, 0.3) is 0 Å². The molecule has 0 aromatic heterocycles. The van der Waals surface area contributed by atoms with Crippen LogP contribution in [-0.2, 0) is 5.41 Å². The minimum atomic E-state index is 0.173. The van der Waals surface area contributed by atoms with Gasteiger partial charge in [0.1, 0.15) is 0 Å². The zero-order valence-corrected chi connectivity index (χ0v) is 14.3. The first-order valence-electron chi connectivity index (χ1n) is 8.30. The summed E-state index contributed by atoms with van der Waals surface area (Å²) < 4.78 is 0. The summed E-state index contributed by atoms with van der Waals surface area (Å²) in [6, 6.07) is 22.5. The molecular weight excluding hydrogens is 276 g/mol.